The van der Waals surface area contributed by atoms with E-state index in [4.69, 9.17) is 4.98 Å². The van der Waals surface area contributed by atoms with Gasteiger partial charge in [-0.25, -0.2) is 4.98 Å². The molecule has 9 aromatic rings. The zero-order chi connectivity index (χ0) is 31.1. The maximum Gasteiger partial charge on any atom is 0.114 e. The Labute approximate surface area is 273 Å². The Hall–Kier alpha value is -5.99. The normalized spacial score (nSPS) is 12.0. The number of hydrogen-bond acceptors (Lipinski definition) is 1. The molecule has 0 unspecified atom stereocenters. The minimum absolute atomic E-state index is 0.846. The summed E-state index contributed by atoms with van der Waals surface area (Å²) in [6, 6.07) is 55.6. The number of para-hydroxylation sites is 3. The van der Waals surface area contributed by atoms with Gasteiger partial charge in [-0.3, -0.25) is 4.57 Å². The molecule has 1 aliphatic carbocycles. The summed E-state index contributed by atoms with van der Waals surface area (Å²) >= 11 is 0. The molecule has 0 amide bonds. The predicted molar refractivity (Wildman–Crippen MR) is 198 cm³/mol. The fourth-order valence-corrected chi connectivity index (χ4v) is 8.20. The lowest BCUT2D eigenvalue weighted by atomic mass is 9.84. The zero-order valence-electron chi connectivity index (χ0n) is 26.0. The van der Waals surface area contributed by atoms with E-state index >= 15 is 0 Å². The number of hydrogen-bond donors (Lipinski definition) is 0. The van der Waals surface area contributed by atoms with E-state index in [1.807, 2.05) is 0 Å². The van der Waals surface area contributed by atoms with E-state index in [0.717, 1.165) is 29.0 Å². The monoisotopic (exact) mass is 598 g/mol. The van der Waals surface area contributed by atoms with Crippen molar-refractivity contribution in [2.45, 2.75) is 13.3 Å². The summed E-state index contributed by atoms with van der Waals surface area (Å²) in [5.74, 6) is 1.07. The molecular weight excluding hydrogens is 569 g/mol. The van der Waals surface area contributed by atoms with Crippen LogP contribution in [-0.4, -0.2) is 9.55 Å². The van der Waals surface area contributed by atoms with E-state index in [1.165, 1.54) is 76.8 Å². The summed E-state index contributed by atoms with van der Waals surface area (Å²) in [4.78, 5) is 5.05. The molecule has 0 radical (unpaired) electrons. The van der Waals surface area contributed by atoms with Crippen molar-refractivity contribution in [3.63, 3.8) is 0 Å². The highest BCUT2D eigenvalue weighted by molar-refractivity contribution is 6.26. The lowest BCUT2D eigenvalue weighted by Crippen LogP contribution is -2.03. The SMILES string of the molecule is CCc1nc2ccccc2n1-c1ccccc1-c1c2ccccc2c(-c2ccc3c4c(cccc24)-c2ccccc2-3)c2ccccc12. The molecule has 1 aromatic heterocycles. The predicted octanol–water partition coefficient (Wildman–Crippen LogP) is 12.0. The molecule has 0 bridgehead atoms. The highest BCUT2D eigenvalue weighted by Crippen LogP contribution is 2.52. The second kappa shape index (κ2) is 10.0. The molecule has 0 fully saturated rings. The first kappa shape index (κ1) is 26.2. The Balaban J connectivity index is 1.31. The minimum atomic E-state index is 0.846. The fraction of sp³-hybridized carbons (Fsp3) is 0.0444. The zero-order valence-corrected chi connectivity index (χ0v) is 26.0. The molecule has 1 heterocycles. The van der Waals surface area contributed by atoms with Crippen molar-refractivity contribution in [2.24, 2.45) is 0 Å². The first-order valence-electron chi connectivity index (χ1n) is 16.5. The molecule has 1 aliphatic rings. The molecule has 0 N–H and O–H groups in total. The van der Waals surface area contributed by atoms with Crippen LogP contribution in [0.1, 0.15) is 12.7 Å². The van der Waals surface area contributed by atoms with Crippen LogP contribution in [0.4, 0.5) is 0 Å². The summed E-state index contributed by atoms with van der Waals surface area (Å²) in [7, 11) is 0. The minimum Gasteiger partial charge on any atom is -0.296 e. The smallest absolute Gasteiger partial charge is 0.114 e. The van der Waals surface area contributed by atoms with Crippen LogP contribution < -0.4 is 0 Å². The average molecular weight is 599 g/mol. The van der Waals surface area contributed by atoms with Gasteiger partial charge in [-0.15, -0.1) is 0 Å². The molecule has 0 saturated heterocycles. The van der Waals surface area contributed by atoms with Gasteiger partial charge in [-0.1, -0.05) is 140 Å². The van der Waals surface area contributed by atoms with Gasteiger partial charge in [0.15, 0.2) is 0 Å². The molecule has 0 saturated carbocycles. The Kier molecular flexibility index (Phi) is 5.59. The van der Waals surface area contributed by atoms with Gasteiger partial charge in [0.1, 0.15) is 5.82 Å². The van der Waals surface area contributed by atoms with E-state index in [1.54, 1.807) is 0 Å². The van der Waals surface area contributed by atoms with Crippen LogP contribution in [0.2, 0.25) is 0 Å². The van der Waals surface area contributed by atoms with Gasteiger partial charge < -0.3 is 0 Å². The van der Waals surface area contributed by atoms with E-state index in [0.29, 0.717) is 0 Å². The maximum atomic E-state index is 5.05. The Morgan fingerprint density at radius 2 is 0.915 bits per heavy atom. The summed E-state index contributed by atoms with van der Waals surface area (Å²) in [5, 5.41) is 7.69. The van der Waals surface area contributed by atoms with Crippen molar-refractivity contribution < 1.29 is 0 Å². The fourth-order valence-electron chi connectivity index (χ4n) is 8.20. The molecule has 220 valence electrons. The van der Waals surface area contributed by atoms with Gasteiger partial charge in [0.25, 0.3) is 0 Å². The number of rotatable bonds is 4. The third-order valence-electron chi connectivity index (χ3n) is 10.1. The summed E-state index contributed by atoms with van der Waals surface area (Å²) in [5.41, 5.74) is 13.7. The van der Waals surface area contributed by atoms with E-state index in [9.17, 15) is 0 Å². The molecule has 47 heavy (non-hydrogen) atoms. The van der Waals surface area contributed by atoms with Gasteiger partial charge in [-0.2, -0.15) is 0 Å². The number of fused-ring (bicyclic) bond motifs is 6. The van der Waals surface area contributed by atoms with Crippen LogP contribution in [0.5, 0.6) is 0 Å². The third-order valence-corrected chi connectivity index (χ3v) is 10.1. The van der Waals surface area contributed by atoms with Crippen LogP contribution in [0.3, 0.4) is 0 Å². The van der Waals surface area contributed by atoms with Crippen LogP contribution >= 0.6 is 0 Å². The molecule has 10 rings (SSSR count). The molecule has 0 spiro atoms. The van der Waals surface area contributed by atoms with Crippen LogP contribution in [0.25, 0.3) is 93.5 Å². The molecular formula is C45H30N2. The number of aryl methyl sites for hydroxylation is 1. The van der Waals surface area contributed by atoms with Gasteiger partial charge in [0.05, 0.1) is 16.7 Å². The Morgan fingerprint density at radius 3 is 1.60 bits per heavy atom. The van der Waals surface area contributed by atoms with Crippen molar-refractivity contribution in [1.29, 1.82) is 0 Å². The first-order chi connectivity index (χ1) is 23.3. The lowest BCUT2D eigenvalue weighted by molar-refractivity contribution is 0.909. The van der Waals surface area contributed by atoms with Crippen LogP contribution in [0, 0.1) is 0 Å². The van der Waals surface area contributed by atoms with Gasteiger partial charge in [-0.05, 0) is 89.5 Å². The number of aromatic nitrogens is 2. The summed E-state index contributed by atoms with van der Waals surface area (Å²) < 4.78 is 2.36. The highest BCUT2D eigenvalue weighted by atomic mass is 15.1. The maximum absolute atomic E-state index is 5.05. The Morgan fingerprint density at radius 1 is 0.426 bits per heavy atom. The van der Waals surface area contributed by atoms with Crippen molar-refractivity contribution in [3.05, 3.63) is 157 Å². The van der Waals surface area contributed by atoms with Crippen molar-refractivity contribution in [2.75, 3.05) is 0 Å². The highest BCUT2D eigenvalue weighted by Gasteiger charge is 2.25. The second-order valence-corrected chi connectivity index (χ2v) is 12.5. The van der Waals surface area contributed by atoms with Gasteiger partial charge in [0, 0.05) is 12.0 Å². The molecule has 0 atom stereocenters. The molecule has 8 aromatic carbocycles. The topological polar surface area (TPSA) is 17.8 Å². The van der Waals surface area contributed by atoms with Gasteiger partial charge >= 0.3 is 0 Å². The second-order valence-electron chi connectivity index (χ2n) is 12.5. The number of imidazole rings is 1. The first-order valence-corrected chi connectivity index (χ1v) is 16.5. The quantitative estimate of drug-likeness (QED) is 0.184. The summed E-state index contributed by atoms with van der Waals surface area (Å²) in [6.45, 7) is 2.19. The molecule has 2 nitrogen and oxygen atoms in total. The third kappa shape index (κ3) is 3.64. The van der Waals surface area contributed by atoms with E-state index < -0.39 is 0 Å². The summed E-state index contributed by atoms with van der Waals surface area (Å²) in [6.07, 6.45) is 0.846. The van der Waals surface area contributed by atoms with Gasteiger partial charge in [0.2, 0.25) is 0 Å². The Bertz CT molecular complexity index is 2640. The molecule has 0 aliphatic heterocycles. The van der Waals surface area contributed by atoms with Crippen LogP contribution in [0.15, 0.2) is 152 Å². The van der Waals surface area contributed by atoms with E-state index in [2.05, 4.69) is 163 Å². The lowest BCUT2D eigenvalue weighted by Gasteiger charge is -2.21. The van der Waals surface area contributed by atoms with E-state index in [-0.39, 0.29) is 0 Å². The average Bonchev–Trinajstić information content (AvgIpc) is 3.68. The van der Waals surface area contributed by atoms with Crippen molar-refractivity contribution >= 4 is 43.4 Å². The van der Waals surface area contributed by atoms with Crippen molar-refractivity contribution in [1.82, 2.24) is 9.55 Å². The molecule has 2 heteroatoms. The van der Waals surface area contributed by atoms with Crippen molar-refractivity contribution in [3.8, 4) is 50.2 Å². The number of nitrogens with zero attached hydrogens (tertiary/aromatic N) is 2. The largest absolute Gasteiger partial charge is 0.296 e. The number of benzene rings is 8. The standard InChI is InChI=1S/C45H30N2/c1-2-42-46-39-23-10-12-25-41(39)47(42)40-24-11-9-20-38(40)45-33-18-7-5-16-31(33)44(32-17-6-8-19-34(32)45)37-27-26-36-29-15-4-3-14-28(29)30-21-13-22-35(37)43(30)36/h3-27H,2H2,1H3. The van der Waals surface area contributed by atoms with Crippen LogP contribution in [-0.2, 0) is 6.42 Å².